The molecule has 8 nitrogen and oxygen atoms in total. The second-order valence-electron chi connectivity index (χ2n) is 5.53. The zero-order chi connectivity index (χ0) is 16.2. The lowest BCUT2D eigenvalue weighted by Gasteiger charge is -2.21. The molecular weight excluding hydrogens is 276 g/mol. The summed E-state index contributed by atoms with van der Waals surface area (Å²) in [7, 11) is 1.63. The van der Waals surface area contributed by atoms with Crippen LogP contribution in [0.1, 0.15) is 32.0 Å². The number of carbonyl (C=O) groups is 2. The Morgan fingerprint density at radius 1 is 1.57 bits per heavy atom. The normalized spacial score (nSPS) is 12.3. The number of aryl methyl sites for hydroxylation is 1. The van der Waals surface area contributed by atoms with Crippen LogP contribution in [0.2, 0.25) is 0 Å². The Balaban J connectivity index is 2.82. The zero-order valence-corrected chi connectivity index (χ0v) is 12.4. The molecule has 114 valence electrons. The van der Waals surface area contributed by atoms with Gasteiger partial charge in [0.1, 0.15) is 17.7 Å². The summed E-state index contributed by atoms with van der Waals surface area (Å²) in [5, 5.41) is 24.3. The number of nitrogens with zero attached hydrogens (tertiary/aromatic N) is 3. The van der Waals surface area contributed by atoms with Crippen molar-refractivity contribution in [1.82, 2.24) is 15.1 Å². The van der Waals surface area contributed by atoms with Crippen LogP contribution in [-0.4, -0.2) is 38.6 Å². The summed E-state index contributed by atoms with van der Waals surface area (Å²) in [4.78, 5) is 22.9. The number of hydrogen-bond donors (Lipinski definition) is 2. The number of carboxylic acids is 1. The van der Waals surface area contributed by atoms with Gasteiger partial charge in [-0.05, 0) is 20.8 Å². The third-order valence-electron chi connectivity index (χ3n) is 2.42. The van der Waals surface area contributed by atoms with Gasteiger partial charge in [-0.1, -0.05) is 0 Å². The average Bonchev–Trinajstić information content (AvgIpc) is 2.66. The van der Waals surface area contributed by atoms with E-state index in [4.69, 9.17) is 10.00 Å². The lowest BCUT2D eigenvalue weighted by Crippen LogP contribution is -2.44. The minimum absolute atomic E-state index is 0.0503. The number of nitrogens with one attached hydrogen (secondary N) is 1. The molecule has 0 saturated carbocycles. The number of carboxylic acid groups (broad SMARTS) is 1. The minimum Gasteiger partial charge on any atom is -0.480 e. The molecule has 0 fully saturated rings. The van der Waals surface area contributed by atoms with Crippen molar-refractivity contribution in [2.75, 3.05) is 0 Å². The summed E-state index contributed by atoms with van der Waals surface area (Å²) in [6.45, 7) is 5.03. The molecule has 0 aromatic carbocycles. The highest BCUT2D eigenvalue weighted by Crippen LogP contribution is 2.10. The van der Waals surface area contributed by atoms with Crippen molar-refractivity contribution in [2.24, 2.45) is 7.05 Å². The van der Waals surface area contributed by atoms with Crippen molar-refractivity contribution in [1.29, 1.82) is 5.26 Å². The predicted octanol–water partition coefficient (Wildman–Crippen LogP) is 0.812. The van der Waals surface area contributed by atoms with E-state index in [0.29, 0.717) is 5.56 Å². The number of ether oxygens (including phenoxy) is 1. The molecule has 1 unspecified atom stereocenters. The van der Waals surface area contributed by atoms with Crippen molar-refractivity contribution in [3.8, 4) is 6.07 Å². The van der Waals surface area contributed by atoms with Crippen LogP contribution < -0.4 is 5.32 Å². The molecule has 0 spiro atoms. The maximum absolute atomic E-state index is 11.6. The smallest absolute Gasteiger partial charge is 0.408 e. The van der Waals surface area contributed by atoms with Gasteiger partial charge in [-0.3, -0.25) is 4.68 Å². The van der Waals surface area contributed by atoms with E-state index < -0.39 is 23.7 Å². The molecule has 0 aliphatic heterocycles. The maximum Gasteiger partial charge on any atom is 0.408 e. The highest BCUT2D eigenvalue weighted by atomic mass is 16.6. The summed E-state index contributed by atoms with van der Waals surface area (Å²) < 4.78 is 6.44. The van der Waals surface area contributed by atoms with E-state index in [-0.39, 0.29) is 12.1 Å². The third-order valence-corrected chi connectivity index (χ3v) is 2.42. The van der Waals surface area contributed by atoms with Gasteiger partial charge in [0.05, 0.1) is 0 Å². The van der Waals surface area contributed by atoms with Gasteiger partial charge in [0, 0.05) is 25.2 Å². The van der Waals surface area contributed by atoms with Crippen LogP contribution in [0, 0.1) is 11.3 Å². The summed E-state index contributed by atoms with van der Waals surface area (Å²) in [6.07, 6.45) is 0.675. The lowest BCUT2D eigenvalue weighted by atomic mass is 10.1. The Labute approximate surface area is 122 Å². The molecule has 21 heavy (non-hydrogen) atoms. The van der Waals surface area contributed by atoms with Gasteiger partial charge in [0.15, 0.2) is 5.69 Å². The summed E-state index contributed by atoms with van der Waals surface area (Å²) in [5.41, 5.74) is -0.141. The molecule has 1 atom stereocenters. The third kappa shape index (κ3) is 5.14. The van der Waals surface area contributed by atoms with Crippen LogP contribution in [0.25, 0.3) is 0 Å². The van der Waals surface area contributed by atoms with E-state index in [9.17, 15) is 14.7 Å². The first kappa shape index (κ1) is 16.5. The molecule has 1 rings (SSSR count). The molecule has 1 heterocycles. The number of aromatic nitrogens is 2. The molecule has 0 aliphatic rings. The Morgan fingerprint density at radius 2 is 2.19 bits per heavy atom. The van der Waals surface area contributed by atoms with Crippen LogP contribution in [-0.2, 0) is 23.0 Å². The zero-order valence-electron chi connectivity index (χ0n) is 12.4. The molecule has 0 aliphatic carbocycles. The number of nitriles is 1. The Hall–Kier alpha value is -2.56. The van der Waals surface area contributed by atoms with Crippen LogP contribution in [0.15, 0.2) is 6.20 Å². The van der Waals surface area contributed by atoms with Crippen LogP contribution >= 0.6 is 0 Å². The lowest BCUT2D eigenvalue weighted by molar-refractivity contribution is -0.139. The number of hydrogen-bond acceptors (Lipinski definition) is 5. The Morgan fingerprint density at radius 3 is 2.67 bits per heavy atom. The van der Waals surface area contributed by atoms with Crippen molar-refractivity contribution >= 4 is 12.1 Å². The van der Waals surface area contributed by atoms with Crippen LogP contribution in [0.3, 0.4) is 0 Å². The maximum atomic E-state index is 11.6. The monoisotopic (exact) mass is 294 g/mol. The van der Waals surface area contributed by atoms with Crippen LogP contribution in [0.5, 0.6) is 0 Å². The van der Waals surface area contributed by atoms with Crippen molar-refractivity contribution in [2.45, 2.75) is 38.8 Å². The molecule has 0 saturated heterocycles. The van der Waals surface area contributed by atoms with Crippen molar-refractivity contribution in [3.05, 3.63) is 17.5 Å². The summed E-state index contributed by atoms with van der Waals surface area (Å²) >= 11 is 0. The van der Waals surface area contributed by atoms with Gasteiger partial charge in [-0.25, -0.2) is 9.59 Å². The molecule has 0 radical (unpaired) electrons. The molecular formula is C13H18N4O4. The van der Waals surface area contributed by atoms with Crippen molar-refractivity contribution in [3.63, 3.8) is 0 Å². The molecule has 1 amide bonds. The second-order valence-corrected chi connectivity index (χ2v) is 5.53. The van der Waals surface area contributed by atoms with Crippen molar-refractivity contribution < 1.29 is 19.4 Å². The van der Waals surface area contributed by atoms with Gasteiger partial charge in [0.25, 0.3) is 0 Å². The Bertz CT molecular complexity index is 580. The second kappa shape index (κ2) is 6.26. The highest BCUT2D eigenvalue weighted by molar-refractivity contribution is 5.80. The molecule has 0 bridgehead atoms. The molecule has 2 N–H and O–H groups in total. The van der Waals surface area contributed by atoms with E-state index in [2.05, 4.69) is 10.4 Å². The fraction of sp³-hybridized carbons (Fsp3) is 0.538. The van der Waals surface area contributed by atoms with E-state index in [1.807, 2.05) is 6.07 Å². The standard InChI is InChI=1S/C13H18N4O4/c1-13(2,3)21-12(20)15-9(11(18)19)5-8-7-17(4)16-10(8)6-14/h7,9H,5H2,1-4H3,(H,15,20)(H,18,19). The quantitative estimate of drug-likeness (QED) is 0.848. The average molecular weight is 294 g/mol. The molecule has 8 heteroatoms. The number of carbonyl (C=O) groups excluding carboxylic acids is 1. The summed E-state index contributed by atoms with van der Waals surface area (Å²) in [6, 6.07) is 0.685. The SMILES string of the molecule is Cn1cc(CC(NC(=O)OC(C)(C)C)C(=O)O)c(C#N)n1. The van der Waals surface area contributed by atoms with E-state index in [1.54, 1.807) is 34.0 Å². The van der Waals surface area contributed by atoms with Gasteiger partial charge < -0.3 is 15.2 Å². The molecule has 1 aromatic rings. The number of alkyl carbamates (subject to hydrolysis) is 1. The van der Waals surface area contributed by atoms with Gasteiger partial charge in [-0.15, -0.1) is 0 Å². The van der Waals surface area contributed by atoms with Gasteiger partial charge in [-0.2, -0.15) is 10.4 Å². The molecule has 1 aromatic heterocycles. The summed E-state index contributed by atoms with van der Waals surface area (Å²) in [5.74, 6) is -1.21. The Kier molecular flexibility index (Phi) is 4.92. The van der Waals surface area contributed by atoms with E-state index in [1.165, 1.54) is 4.68 Å². The topological polar surface area (TPSA) is 117 Å². The first-order valence-electron chi connectivity index (χ1n) is 6.27. The number of rotatable bonds is 4. The largest absolute Gasteiger partial charge is 0.480 e. The fourth-order valence-corrected chi connectivity index (χ4v) is 1.65. The van der Waals surface area contributed by atoms with Crippen LogP contribution in [0.4, 0.5) is 4.79 Å². The fourth-order valence-electron chi connectivity index (χ4n) is 1.65. The first-order chi connectivity index (χ1) is 9.62. The van der Waals surface area contributed by atoms with Gasteiger partial charge in [0.2, 0.25) is 0 Å². The van der Waals surface area contributed by atoms with E-state index >= 15 is 0 Å². The van der Waals surface area contributed by atoms with Gasteiger partial charge >= 0.3 is 12.1 Å². The van der Waals surface area contributed by atoms with E-state index in [0.717, 1.165) is 0 Å². The highest BCUT2D eigenvalue weighted by Gasteiger charge is 2.25. The number of amides is 1. The first-order valence-corrected chi connectivity index (χ1v) is 6.27. The minimum atomic E-state index is -1.21. The number of aliphatic carboxylic acids is 1. The predicted molar refractivity (Wildman–Crippen MR) is 72.4 cm³/mol.